The van der Waals surface area contributed by atoms with Crippen molar-refractivity contribution in [1.29, 1.82) is 0 Å². The molecule has 0 amide bonds. The van der Waals surface area contributed by atoms with Gasteiger partial charge in [-0.15, -0.1) is 5.10 Å². The topological polar surface area (TPSA) is 43.1 Å². The van der Waals surface area contributed by atoms with Crippen LogP contribution in [-0.2, 0) is 0 Å². The van der Waals surface area contributed by atoms with Crippen LogP contribution in [0.3, 0.4) is 0 Å². The number of aromatic nitrogens is 4. The van der Waals surface area contributed by atoms with Gasteiger partial charge in [-0.2, -0.15) is 4.52 Å². The first-order chi connectivity index (χ1) is 7.38. The van der Waals surface area contributed by atoms with Crippen molar-refractivity contribution in [3.63, 3.8) is 0 Å². The average molecular weight is 196 g/mol. The van der Waals surface area contributed by atoms with E-state index in [0.29, 0.717) is 0 Å². The first kappa shape index (κ1) is 8.11. The summed E-state index contributed by atoms with van der Waals surface area (Å²) in [7, 11) is 0. The lowest BCUT2D eigenvalue weighted by atomic mass is 10.1. The van der Waals surface area contributed by atoms with Gasteiger partial charge in [0, 0.05) is 5.39 Å². The summed E-state index contributed by atoms with van der Waals surface area (Å²) in [5, 5.41) is 12.6. The van der Waals surface area contributed by atoms with Crippen molar-refractivity contribution in [1.82, 2.24) is 20.0 Å². The SMILES string of the molecule is C=Cc1ccc2c(ccc3nnnn32)c1. The maximum Gasteiger partial charge on any atom is 0.179 e. The van der Waals surface area contributed by atoms with Crippen molar-refractivity contribution in [2.45, 2.75) is 0 Å². The maximum atomic E-state index is 3.93. The third kappa shape index (κ3) is 1.11. The molecule has 0 aliphatic rings. The van der Waals surface area contributed by atoms with Gasteiger partial charge in [-0.05, 0) is 40.3 Å². The van der Waals surface area contributed by atoms with Crippen LogP contribution in [0.2, 0.25) is 0 Å². The van der Waals surface area contributed by atoms with Gasteiger partial charge in [0.1, 0.15) is 0 Å². The number of tetrazole rings is 1. The molecule has 0 aliphatic carbocycles. The molecule has 0 aliphatic heterocycles. The van der Waals surface area contributed by atoms with Crippen LogP contribution >= 0.6 is 0 Å². The summed E-state index contributed by atoms with van der Waals surface area (Å²) in [5.74, 6) is 0. The van der Waals surface area contributed by atoms with Crippen molar-refractivity contribution in [3.8, 4) is 0 Å². The summed E-state index contributed by atoms with van der Waals surface area (Å²) >= 11 is 0. The Morgan fingerprint density at radius 1 is 1.20 bits per heavy atom. The first-order valence-corrected chi connectivity index (χ1v) is 4.62. The van der Waals surface area contributed by atoms with E-state index < -0.39 is 0 Å². The highest BCUT2D eigenvalue weighted by Crippen LogP contribution is 2.17. The van der Waals surface area contributed by atoms with E-state index >= 15 is 0 Å². The zero-order valence-corrected chi connectivity index (χ0v) is 7.96. The Morgan fingerprint density at radius 2 is 2.13 bits per heavy atom. The van der Waals surface area contributed by atoms with Crippen molar-refractivity contribution < 1.29 is 0 Å². The molecule has 3 rings (SSSR count). The van der Waals surface area contributed by atoms with E-state index in [1.54, 1.807) is 4.52 Å². The predicted octanol–water partition coefficient (Wildman–Crippen LogP) is 1.92. The smallest absolute Gasteiger partial charge is 0.179 e. The molecule has 0 radical (unpaired) electrons. The van der Waals surface area contributed by atoms with Crippen molar-refractivity contribution in [2.75, 3.05) is 0 Å². The van der Waals surface area contributed by atoms with Crippen LogP contribution in [0.4, 0.5) is 0 Å². The molecule has 1 aromatic carbocycles. The number of fused-ring (bicyclic) bond motifs is 3. The van der Waals surface area contributed by atoms with E-state index in [1.165, 1.54) is 0 Å². The standard InChI is InChI=1S/C11H8N4/c1-2-8-3-5-10-9(7-8)4-6-11-12-13-14-15(10)11/h2-7H,1H2. The molecule has 72 valence electrons. The number of rotatable bonds is 1. The number of hydrogen-bond acceptors (Lipinski definition) is 3. The number of nitrogens with zero attached hydrogens (tertiary/aromatic N) is 4. The predicted molar refractivity (Wildman–Crippen MR) is 58.4 cm³/mol. The second-order valence-electron chi connectivity index (χ2n) is 3.30. The molecule has 0 bridgehead atoms. The molecule has 2 aromatic heterocycles. The van der Waals surface area contributed by atoms with Gasteiger partial charge in [-0.25, -0.2) is 0 Å². The second-order valence-corrected chi connectivity index (χ2v) is 3.30. The quantitative estimate of drug-likeness (QED) is 0.597. The Balaban J connectivity index is 2.48. The summed E-state index contributed by atoms with van der Waals surface area (Å²) in [6, 6.07) is 9.96. The molecular weight excluding hydrogens is 188 g/mol. The molecular formula is C11H8N4. The molecule has 0 spiro atoms. The summed E-state index contributed by atoms with van der Waals surface area (Å²) in [6.07, 6.45) is 1.82. The maximum absolute atomic E-state index is 3.93. The molecule has 0 unspecified atom stereocenters. The van der Waals surface area contributed by atoms with Crippen LogP contribution < -0.4 is 0 Å². The normalized spacial score (nSPS) is 10.9. The minimum atomic E-state index is 0.758. The lowest BCUT2D eigenvalue weighted by molar-refractivity contribution is 0.841. The Morgan fingerprint density at radius 3 is 3.00 bits per heavy atom. The van der Waals surface area contributed by atoms with Gasteiger partial charge in [-0.1, -0.05) is 18.7 Å². The van der Waals surface area contributed by atoms with E-state index in [4.69, 9.17) is 0 Å². The van der Waals surface area contributed by atoms with Crippen LogP contribution in [0.15, 0.2) is 36.9 Å². The molecule has 4 heteroatoms. The van der Waals surface area contributed by atoms with E-state index in [-0.39, 0.29) is 0 Å². The Labute approximate surface area is 85.8 Å². The van der Waals surface area contributed by atoms with Gasteiger partial charge >= 0.3 is 0 Å². The molecule has 0 fully saturated rings. The van der Waals surface area contributed by atoms with E-state index in [2.05, 4.69) is 28.2 Å². The van der Waals surface area contributed by atoms with Crippen LogP contribution in [0, 0.1) is 0 Å². The highest BCUT2D eigenvalue weighted by Gasteiger charge is 2.02. The summed E-state index contributed by atoms with van der Waals surface area (Å²) in [5.41, 5.74) is 2.85. The molecule has 4 nitrogen and oxygen atoms in total. The molecule has 0 saturated heterocycles. The summed E-state index contributed by atoms with van der Waals surface area (Å²) in [6.45, 7) is 3.74. The van der Waals surface area contributed by atoms with Crippen LogP contribution in [0.25, 0.3) is 22.6 Å². The third-order valence-electron chi connectivity index (χ3n) is 2.42. The molecule has 15 heavy (non-hydrogen) atoms. The third-order valence-corrected chi connectivity index (χ3v) is 2.42. The molecule has 0 N–H and O–H groups in total. The van der Waals surface area contributed by atoms with E-state index in [9.17, 15) is 0 Å². The van der Waals surface area contributed by atoms with E-state index in [0.717, 1.165) is 22.1 Å². The summed E-state index contributed by atoms with van der Waals surface area (Å²) in [4.78, 5) is 0. The lowest BCUT2D eigenvalue weighted by Gasteiger charge is -2.00. The Bertz CT molecular complexity index is 654. The molecule has 0 atom stereocenters. The van der Waals surface area contributed by atoms with Crippen LogP contribution in [0.1, 0.15) is 5.56 Å². The average Bonchev–Trinajstić information content (AvgIpc) is 2.76. The Kier molecular flexibility index (Phi) is 1.56. The minimum absolute atomic E-state index is 0.758. The second kappa shape index (κ2) is 2.88. The molecule has 2 heterocycles. The minimum Gasteiger partial charge on any atom is -0.193 e. The van der Waals surface area contributed by atoms with Crippen LogP contribution in [-0.4, -0.2) is 20.0 Å². The fourth-order valence-corrected chi connectivity index (χ4v) is 1.66. The fourth-order valence-electron chi connectivity index (χ4n) is 1.66. The fraction of sp³-hybridized carbons (Fsp3) is 0. The largest absolute Gasteiger partial charge is 0.193 e. The van der Waals surface area contributed by atoms with Gasteiger partial charge < -0.3 is 0 Å². The molecule has 3 aromatic rings. The van der Waals surface area contributed by atoms with Gasteiger partial charge in [0.15, 0.2) is 5.65 Å². The number of pyridine rings is 1. The zero-order chi connectivity index (χ0) is 10.3. The van der Waals surface area contributed by atoms with Gasteiger partial charge in [0.25, 0.3) is 0 Å². The van der Waals surface area contributed by atoms with Gasteiger partial charge in [-0.3, -0.25) is 0 Å². The summed E-state index contributed by atoms with van der Waals surface area (Å²) < 4.78 is 1.72. The Hall–Kier alpha value is -2.23. The number of hydrogen-bond donors (Lipinski definition) is 0. The number of benzene rings is 1. The van der Waals surface area contributed by atoms with Crippen molar-refractivity contribution in [3.05, 3.63) is 42.5 Å². The van der Waals surface area contributed by atoms with Gasteiger partial charge in [0.05, 0.1) is 5.52 Å². The highest BCUT2D eigenvalue weighted by molar-refractivity contribution is 5.83. The van der Waals surface area contributed by atoms with Crippen molar-refractivity contribution >= 4 is 22.6 Å². The van der Waals surface area contributed by atoms with E-state index in [1.807, 2.05) is 30.3 Å². The van der Waals surface area contributed by atoms with Gasteiger partial charge in [0.2, 0.25) is 0 Å². The van der Waals surface area contributed by atoms with Crippen molar-refractivity contribution in [2.24, 2.45) is 0 Å². The molecule has 0 saturated carbocycles. The monoisotopic (exact) mass is 196 g/mol. The lowest BCUT2D eigenvalue weighted by Crippen LogP contribution is -1.90. The first-order valence-electron chi connectivity index (χ1n) is 4.62. The van der Waals surface area contributed by atoms with Crippen LogP contribution in [0.5, 0.6) is 0 Å². The highest BCUT2D eigenvalue weighted by atomic mass is 15.5. The zero-order valence-electron chi connectivity index (χ0n) is 7.96.